The van der Waals surface area contributed by atoms with E-state index in [1.54, 1.807) is 17.0 Å². The van der Waals surface area contributed by atoms with Gasteiger partial charge in [-0.15, -0.1) is 0 Å². The predicted octanol–water partition coefficient (Wildman–Crippen LogP) is 1.33. The summed E-state index contributed by atoms with van der Waals surface area (Å²) in [4.78, 5) is 1.79. The lowest BCUT2D eigenvalue weighted by Crippen LogP contribution is -2.10. The number of hydrogen-bond donors (Lipinski definition) is 1. The second-order valence-corrected chi connectivity index (χ2v) is 2.71. The van der Waals surface area contributed by atoms with Gasteiger partial charge in [0.15, 0.2) is 0 Å². The topological polar surface area (TPSA) is 47.3 Å². The first-order chi connectivity index (χ1) is 5.65. The Hall–Kier alpha value is -1.69. The third-order valence-electron chi connectivity index (χ3n) is 1.58. The van der Waals surface area contributed by atoms with Crippen molar-refractivity contribution in [3.8, 4) is 11.8 Å². The zero-order chi connectivity index (χ0) is 9.14. The van der Waals surface area contributed by atoms with Crippen molar-refractivity contribution in [2.45, 2.75) is 0 Å². The van der Waals surface area contributed by atoms with Crippen LogP contribution in [0.2, 0.25) is 0 Å². The average molecular weight is 162 g/mol. The van der Waals surface area contributed by atoms with Crippen molar-refractivity contribution in [2.24, 2.45) is 0 Å². The first-order valence-corrected chi connectivity index (χ1v) is 3.55. The second-order valence-electron chi connectivity index (χ2n) is 2.71. The number of phenols is 1. The Morgan fingerprint density at radius 2 is 2.08 bits per heavy atom. The maximum absolute atomic E-state index is 9.15. The Morgan fingerprint density at radius 3 is 2.58 bits per heavy atom. The zero-order valence-electron chi connectivity index (χ0n) is 7.07. The number of benzene rings is 1. The van der Waals surface area contributed by atoms with E-state index >= 15 is 0 Å². The second kappa shape index (κ2) is 3.14. The number of aromatic hydroxyl groups is 1. The van der Waals surface area contributed by atoms with Crippen LogP contribution in [0.4, 0.5) is 5.69 Å². The highest BCUT2D eigenvalue weighted by atomic mass is 16.3. The molecule has 0 heterocycles. The molecular weight excluding hydrogens is 152 g/mol. The highest BCUT2D eigenvalue weighted by molar-refractivity contribution is 5.60. The Morgan fingerprint density at radius 1 is 1.42 bits per heavy atom. The van der Waals surface area contributed by atoms with Crippen molar-refractivity contribution in [1.29, 1.82) is 5.26 Å². The van der Waals surface area contributed by atoms with Crippen molar-refractivity contribution in [2.75, 3.05) is 19.0 Å². The fourth-order valence-electron chi connectivity index (χ4n) is 0.985. The summed E-state index contributed by atoms with van der Waals surface area (Å²) in [5.74, 6) is 0.178. The lowest BCUT2D eigenvalue weighted by Gasteiger charge is -2.13. The lowest BCUT2D eigenvalue weighted by molar-refractivity contribution is 0.475. The number of rotatable bonds is 1. The van der Waals surface area contributed by atoms with Gasteiger partial charge in [0.2, 0.25) is 0 Å². The van der Waals surface area contributed by atoms with Crippen LogP contribution in [-0.2, 0) is 0 Å². The third-order valence-corrected chi connectivity index (χ3v) is 1.58. The number of nitriles is 1. The van der Waals surface area contributed by atoms with Gasteiger partial charge >= 0.3 is 0 Å². The standard InChI is InChI=1S/C9H10N2O/c1-11(2)9-5-8(12)4-3-7(9)6-10/h3-5,12H,1-2H3. The molecule has 0 fully saturated rings. The summed E-state index contributed by atoms with van der Waals surface area (Å²) in [6.07, 6.45) is 0. The van der Waals surface area contributed by atoms with Crippen LogP contribution in [0.3, 0.4) is 0 Å². The average Bonchev–Trinajstić information content (AvgIpc) is 2.04. The minimum absolute atomic E-state index is 0.178. The van der Waals surface area contributed by atoms with Crippen LogP contribution in [0.25, 0.3) is 0 Å². The van der Waals surface area contributed by atoms with Crippen molar-refractivity contribution in [3.63, 3.8) is 0 Å². The molecule has 0 atom stereocenters. The summed E-state index contributed by atoms with van der Waals surface area (Å²) in [5.41, 5.74) is 1.30. The van der Waals surface area contributed by atoms with E-state index in [0.717, 1.165) is 5.69 Å². The highest BCUT2D eigenvalue weighted by Crippen LogP contribution is 2.22. The van der Waals surface area contributed by atoms with Gasteiger partial charge in [-0.3, -0.25) is 0 Å². The smallest absolute Gasteiger partial charge is 0.117 e. The molecule has 0 saturated carbocycles. The minimum atomic E-state index is 0.178. The van der Waals surface area contributed by atoms with Crippen LogP contribution in [0.1, 0.15) is 5.56 Å². The van der Waals surface area contributed by atoms with Gasteiger partial charge in [-0.25, -0.2) is 0 Å². The molecule has 0 bridgehead atoms. The lowest BCUT2D eigenvalue weighted by atomic mass is 10.2. The summed E-state index contributed by atoms with van der Waals surface area (Å²) >= 11 is 0. The third kappa shape index (κ3) is 1.48. The molecule has 0 aromatic heterocycles. The molecule has 12 heavy (non-hydrogen) atoms. The van der Waals surface area contributed by atoms with Crippen LogP contribution in [-0.4, -0.2) is 19.2 Å². The first-order valence-electron chi connectivity index (χ1n) is 3.55. The number of hydrogen-bond acceptors (Lipinski definition) is 3. The van der Waals surface area contributed by atoms with E-state index in [1.165, 1.54) is 6.07 Å². The molecule has 0 spiro atoms. The van der Waals surface area contributed by atoms with E-state index in [9.17, 15) is 0 Å². The van der Waals surface area contributed by atoms with E-state index < -0.39 is 0 Å². The molecule has 3 nitrogen and oxygen atoms in total. The highest BCUT2D eigenvalue weighted by Gasteiger charge is 2.03. The molecule has 1 aromatic carbocycles. The van der Waals surface area contributed by atoms with Crippen LogP contribution in [0, 0.1) is 11.3 Å². The van der Waals surface area contributed by atoms with Crippen molar-refractivity contribution >= 4 is 5.69 Å². The van der Waals surface area contributed by atoms with Gasteiger partial charge in [0.05, 0.1) is 11.3 Å². The fraction of sp³-hybridized carbons (Fsp3) is 0.222. The van der Waals surface area contributed by atoms with Gasteiger partial charge in [0.1, 0.15) is 11.8 Å². The summed E-state index contributed by atoms with van der Waals surface area (Å²) in [6, 6.07) is 6.73. The summed E-state index contributed by atoms with van der Waals surface area (Å²) in [5, 5.41) is 17.8. The largest absolute Gasteiger partial charge is 0.508 e. The SMILES string of the molecule is CN(C)c1cc(O)ccc1C#N. The van der Waals surface area contributed by atoms with E-state index in [0.29, 0.717) is 5.56 Å². The van der Waals surface area contributed by atoms with E-state index in [1.807, 2.05) is 14.1 Å². The molecule has 1 N–H and O–H groups in total. The molecule has 0 amide bonds. The molecule has 0 aliphatic carbocycles. The van der Waals surface area contributed by atoms with Crippen LogP contribution >= 0.6 is 0 Å². The number of phenolic OH excluding ortho intramolecular Hbond substituents is 1. The molecular formula is C9H10N2O. The van der Waals surface area contributed by atoms with Gasteiger partial charge < -0.3 is 10.0 Å². The van der Waals surface area contributed by atoms with Crippen LogP contribution in [0.15, 0.2) is 18.2 Å². The molecule has 0 aliphatic rings. The Balaban J connectivity index is 3.24. The van der Waals surface area contributed by atoms with Crippen molar-refractivity contribution in [3.05, 3.63) is 23.8 Å². The van der Waals surface area contributed by atoms with Gasteiger partial charge in [-0.05, 0) is 12.1 Å². The predicted molar refractivity (Wildman–Crippen MR) is 47.1 cm³/mol. The van der Waals surface area contributed by atoms with Crippen molar-refractivity contribution in [1.82, 2.24) is 0 Å². The molecule has 0 saturated heterocycles. The monoisotopic (exact) mass is 162 g/mol. The normalized spacial score (nSPS) is 9.08. The van der Waals surface area contributed by atoms with Gasteiger partial charge in [-0.1, -0.05) is 0 Å². The quantitative estimate of drug-likeness (QED) is 0.677. The molecule has 62 valence electrons. The Labute approximate surface area is 71.5 Å². The Bertz CT molecular complexity index is 326. The van der Waals surface area contributed by atoms with Crippen molar-refractivity contribution < 1.29 is 5.11 Å². The van der Waals surface area contributed by atoms with Gasteiger partial charge in [-0.2, -0.15) is 5.26 Å². The van der Waals surface area contributed by atoms with Crippen LogP contribution in [0.5, 0.6) is 5.75 Å². The summed E-state index contributed by atoms with van der Waals surface area (Å²) in [6.45, 7) is 0. The molecule has 1 aromatic rings. The van der Waals surface area contributed by atoms with E-state index in [-0.39, 0.29) is 5.75 Å². The van der Waals surface area contributed by atoms with E-state index in [2.05, 4.69) is 6.07 Å². The first kappa shape index (κ1) is 8.41. The molecule has 0 radical (unpaired) electrons. The van der Waals surface area contributed by atoms with Crippen LogP contribution < -0.4 is 4.90 Å². The maximum atomic E-state index is 9.15. The molecule has 0 unspecified atom stereocenters. The Kier molecular flexibility index (Phi) is 2.20. The van der Waals surface area contributed by atoms with Gasteiger partial charge in [0.25, 0.3) is 0 Å². The fourth-order valence-corrected chi connectivity index (χ4v) is 0.985. The summed E-state index contributed by atoms with van der Waals surface area (Å²) in [7, 11) is 3.66. The number of anilines is 1. The van der Waals surface area contributed by atoms with Gasteiger partial charge in [0, 0.05) is 20.2 Å². The molecule has 3 heteroatoms. The van der Waals surface area contributed by atoms with E-state index in [4.69, 9.17) is 10.4 Å². The zero-order valence-corrected chi connectivity index (χ0v) is 7.07. The molecule has 1 rings (SSSR count). The minimum Gasteiger partial charge on any atom is -0.508 e. The maximum Gasteiger partial charge on any atom is 0.117 e. The molecule has 0 aliphatic heterocycles. The summed E-state index contributed by atoms with van der Waals surface area (Å²) < 4.78 is 0. The number of nitrogens with zero attached hydrogens (tertiary/aromatic N) is 2.